The number of carbonyl (C=O) groups is 1. The molecule has 0 unspecified atom stereocenters. The summed E-state index contributed by atoms with van der Waals surface area (Å²) in [7, 11) is 0. The molecule has 0 aliphatic carbocycles. The highest BCUT2D eigenvalue weighted by molar-refractivity contribution is 6.32. The normalized spacial score (nSPS) is 16.7. The summed E-state index contributed by atoms with van der Waals surface area (Å²) in [5, 5.41) is 3.56. The Morgan fingerprint density at radius 3 is 2.62 bits per heavy atom. The van der Waals surface area contributed by atoms with Gasteiger partial charge in [-0.25, -0.2) is 0 Å². The van der Waals surface area contributed by atoms with E-state index in [1.807, 2.05) is 50.2 Å². The van der Waals surface area contributed by atoms with Crippen molar-refractivity contribution in [1.29, 1.82) is 0 Å². The minimum atomic E-state index is -0.633. The van der Waals surface area contributed by atoms with Crippen LogP contribution in [0.4, 0.5) is 0 Å². The van der Waals surface area contributed by atoms with Crippen LogP contribution >= 0.6 is 11.6 Å². The number of hydrogen-bond donors (Lipinski definition) is 1. The van der Waals surface area contributed by atoms with Gasteiger partial charge in [0, 0.05) is 5.02 Å². The Morgan fingerprint density at radius 2 is 1.92 bits per heavy atom. The van der Waals surface area contributed by atoms with E-state index < -0.39 is 6.10 Å². The van der Waals surface area contributed by atoms with Gasteiger partial charge in [0.05, 0.1) is 6.54 Å². The molecule has 3 rings (SSSR count). The fraction of sp³-hybridized carbons (Fsp3) is 0.350. The summed E-state index contributed by atoms with van der Waals surface area (Å²) in [5.74, 6) is 1.82. The number of amides is 1. The summed E-state index contributed by atoms with van der Waals surface area (Å²) < 4.78 is 17.2. The molecular weight excluding hydrogens is 354 g/mol. The minimum absolute atomic E-state index is 0.210. The number of fused-ring (bicyclic) bond motifs is 1. The van der Waals surface area contributed by atoms with Gasteiger partial charge in [-0.05, 0) is 56.2 Å². The van der Waals surface area contributed by atoms with E-state index in [9.17, 15) is 4.79 Å². The first-order valence-electron chi connectivity index (χ1n) is 8.53. The van der Waals surface area contributed by atoms with Crippen molar-refractivity contribution in [1.82, 2.24) is 5.32 Å². The Morgan fingerprint density at radius 1 is 1.27 bits per heavy atom. The van der Waals surface area contributed by atoms with Gasteiger partial charge >= 0.3 is 0 Å². The molecule has 0 bridgehead atoms. The molecule has 1 heterocycles. The lowest BCUT2D eigenvalue weighted by atomic mass is 10.1. The molecule has 26 heavy (non-hydrogen) atoms. The van der Waals surface area contributed by atoms with Crippen LogP contribution in [0.15, 0.2) is 36.4 Å². The van der Waals surface area contributed by atoms with Crippen molar-refractivity contribution >= 4 is 17.5 Å². The molecule has 5 nitrogen and oxygen atoms in total. The molecular formula is C20H22ClNO4. The number of carbonyl (C=O) groups excluding carboxylic acids is 1. The number of rotatable bonds is 5. The van der Waals surface area contributed by atoms with Crippen molar-refractivity contribution in [2.45, 2.75) is 33.0 Å². The maximum absolute atomic E-state index is 12.3. The molecule has 1 N–H and O–H groups in total. The number of para-hydroxylation sites is 2. The number of hydrogen-bond acceptors (Lipinski definition) is 4. The molecule has 0 saturated heterocycles. The van der Waals surface area contributed by atoms with Crippen molar-refractivity contribution < 1.29 is 19.0 Å². The molecule has 0 spiro atoms. The molecule has 1 aliphatic rings. The number of aryl methyl sites for hydroxylation is 2. The van der Waals surface area contributed by atoms with Gasteiger partial charge in [0.15, 0.2) is 17.6 Å². The molecule has 1 aliphatic heterocycles. The van der Waals surface area contributed by atoms with Crippen LogP contribution in [0.5, 0.6) is 17.2 Å². The van der Waals surface area contributed by atoms with Gasteiger partial charge in [0.2, 0.25) is 0 Å². The van der Waals surface area contributed by atoms with E-state index in [0.29, 0.717) is 29.7 Å². The van der Waals surface area contributed by atoms with Crippen molar-refractivity contribution in [2.75, 3.05) is 13.2 Å². The van der Waals surface area contributed by atoms with Crippen LogP contribution in [0.1, 0.15) is 18.1 Å². The number of ether oxygens (including phenoxy) is 3. The standard InChI is InChI=1S/C20H22ClNO4/c1-12-8-15(9-13(2)19(12)21)25-14(3)20(23)22-10-16-11-24-17-6-4-5-7-18(17)26-16/h4-9,14,16H,10-11H2,1-3H3,(H,22,23)/t14-,16+/m1/s1. The Labute approximate surface area is 158 Å². The molecule has 1 amide bonds. The molecule has 0 fully saturated rings. The maximum atomic E-state index is 12.3. The molecule has 138 valence electrons. The average molecular weight is 376 g/mol. The second kappa shape index (κ2) is 7.87. The highest BCUT2D eigenvalue weighted by Crippen LogP contribution is 2.30. The lowest BCUT2D eigenvalue weighted by Crippen LogP contribution is -2.44. The molecule has 2 aromatic rings. The summed E-state index contributed by atoms with van der Waals surface area (Å²) in [6.45, 7) is 6.26. The third kappa shape index (κ3) is 4.22. The predicted octanol–water partition coefficient (Wildman–Crippen LogP) is 3.68. The molecule has 0 aromatic heterocycles. The van der Waals surface area contributed by atoms with E-state index >= 15 is 0 Å². The molecule has 6 heteroatoms. The van der Waals surface area contributed by atoms with Gasteiger partial charge in [-0.2, -0.15) is 0 Å². The molecule has 2 atom stereocenters. The van der Waals surface area contributed by atoms with Gasteiger partial charge in [-0.15, -0.1) is 0 Å². The second-order valence-corrected chi connectivity index (χ2v) is 6.75. The van der Waals surface area contributed by atoms with Crippen LogP contribution in [-0.2, 0) is 4.79 Å². The zero-order valence-electron chi connectivity index (χ0n) is 15.0. The van der Waals surface area contributed by atoms with Gasteiger partial charge in [-0.3, -0.25) is 4.79 Å². The predicted molar refractivity (Wildman–Crippen MR) is 100 cm³/mol. The van der Waals surface area contributed by atoms with Crippen LogP contribution in [0.25, 0.3) is 0 Å². The largest absolute Gasteiger partial charge is 0.486 e. The Balaban J connectivity index is 1.52. The first-order valence-corrected chi connectivity index (χ1v) is 8.91. The van der Waals surface area contributed by atoms with Gasteiger partial charge < -0.3 is 19.5 Å². The maximum Gasteiger partial charge on any atom is 0.260 e. The van der Waals surface area contributed by atoms with Crippen molar-refractivity contribution in [2.24, 2.45) is 0 Å². The highest BCUT2D eigenvalue weighted by atomic mass is 35.5. The SMILES string of the molecule is Cc1cc(O[C@H](C)C(=O)NC[C@H]2COc3ccccc3O2)cc(C)c1Cl. The third-order valence-corrected chi connectivity index (χ3v) is 4.76. The lowest BCUT2D eigenvalue weighted by Gasteiger charge is -2.27. The Kier molecular flexibility index (Phi) is 5.57. The monoisotopic (exact) mass is 375 g/mol. The lowest BCUT2D eigenvalue weighted by molar-refractivity contribution is -0.127. The summed E-state index contributed by atoms with van der Waals surface area (Å²) in [5.41, 5.74) is 1.83. The van der Waals surface area contributed by atoms with Gasteiger partial charge in [0.1, 0.15) is 18.5 Å². The quantitative estimate of drug-likeness (QED) is 0.866. The van der Waals surface area contributed by atoms with Crippen molar-refractivity contribution in [3.63, 3.8) is 0 Å². The minimum Gasteiger partial charge on any atom is -0.486 e. The summed E-state index contributed by atoms with van der Waals surface area (Å²) >= 11 is 6.16. The fourth-order valence-electron chi connectivity index (χ4n) is 2.75. The number of halogens is 1. The summed E-state index contributed by atoms with van der Waals surface area (Å²) in [6, 6.07) is 11.1. The van der Waals surface area contributed by atoms with Crippen molar-refractivity contribution in [3.05, 3.63) is 52.5 Å². The van der Waals surface area contributed by atoms with Crippen molar-refractivity contribution in [3.8, 4) is 17.2 Å². The van der Waals surface area contributed by atoms with Gasteiger partial charge in [-0.1, -0.05) is 23.7 Å². The van der Waals surface area contributed by atoms with Crippen LogP contribution < -0.4 is 19.5 Å². The Hall–Kier alpha value is -2.40. The van der Waals surface area contributed by atoms with E-state index in [1.54, 1.807) is 6.92 Å². The molecule has 2 aromatic carbocycles. The van der Waals surface area contributed by atoms with E-state index in [4.69, 9.17) is 25.8 Å². The van der Waals surface area contributed by atoms with Crippen LogP contribution in [0.2, 0.25) is 5.02 Å². The number of nitrogens with one attached hydrogen (secondary N) is 1. The van der Waals surface area contributed by atoms with Crippen LogP contribution in [-0.4, -0.2) is 31.3 Å². The zero-order valence-corrected chi connectivity index (χ0v) is 15.8. The van der Waals surface area contributed by atoms with E-state index in [2.05, 4.69) is 5.32 Å². The van der Waals surface area contributed by atoms with E-state index in [-0.39, 0.29) is 12.0 Å². The second-order valence-electron chi connectivity index (χ2n) is 6.37. The summed E-state index contributed by atoms with van der Waals surface area (Å²) in [6.07, 6.45) is -0.868. The highest BCUT2D eigenvalue weighted by Gasteiger charge is 2.23. The number of benzene rings is 2. The zero-order chi connectivity index (χ0) is 18.7. The first kappa shape index (κ1) is 18.4. The summed E-state index contributed by atoms with van der Waals surface area (Å²) in [4.78, 5) is 12.3. The van der Waals surface area contributed by atoms with Crippen LogP contribution in [0, 0.1) is 13.8 Å². The fourth-order valence-corrected chi connectivity index (χ4v) is 2.86. The third-order valence-electron chi connectivity index (χ3n) is 4.16. The first-order chi connectivity index (χ1) is 12.4. The molecule has 0 saturated carbocycles. The average Bonchev–Trinajstić information content (AvgIpc) is 2.63. The van der Waals surface area contributed by atoms with Crippen LogP contribution in [0.3, 0.4) is 0 Å². The van der Waals surface area contributed by atoms with Gasteiger partial charge in [0.25, 0.3) is 5.91 Å². The molecule has 0 radical (unpaired) electrons. The van der Waals surface area contributed by atoms with E-state index in [0.717, 1.165) is 16.9 Å². The van der Waals surface area contributed by atoms with E-state index in [1.165, 1.54) is 0 Å². The smallest absolute Gasteiger partial charge is 0.260 e. The topological polar surface area (TPSA) is 56.8 Å². The Bertz CT molecular complexity index is 785.